The molecule has 1 fully saturated rings. The third kappa shape index (κ3) is 3.89. The summed E-state index contributed by atoms with van der Waals surface area (Å²) in [5.41, 5.74) is 6.47. The average Bonchev–Trinajstić information content (AvgIpc) is 2.87. The number of nitrogens with two attached hydrogens (primary N) is 1. The number of hydrogen-bond donors (Lipinski definition) is 1. The fourth-order valence-electron chi connectivity index (χ4n) is 2.27. The summed E-state index contributed by atoms with van der Waals surface area (Å²) < 4.78 is 11.1. The Balaban J connectivity index is 1.82. The quantitative estimate of drug-likeness (QED) is 0.799. The molecule has 4 nitrogen and oxygen atoms in total. The molecule has 0 spiro atoms. The first-order valence-electron chi connectivity index (χ1n) is 6.47. The largest absolute Gasteiger partial charge is 0.492 e. The third-order valence-corrected chi connectivity index (χ3v) is 3.60. The summed E-state index contributed by atoms with van der Waals surface area (Å²) in [4.78, 5) is 2.72. The highest BCUT2D eigenvalue weighted by molar-refractivity contribution is 7.80. The van der Waals surface area contributed by atoms with Gasteiger partial charge in [-0.25, -0.2) is 0 Å². The van der Waals surface area contributed by atoms with Gasteiger partial charge in [-0.3, -0.25) is 4.90 Å². The summed E-state index contributed by atoms with van der Waals surface area (Å²) in [6.07, 6.45) is 1.46. The zero-order valence-electron chi connectivity index (χ0n) is 11.2. The van der Waals surface area contributed by atoms with Crippen molar-refractivity contribution in [3.63, 3.8) is 0 Å². The zero-order chi connectivity index (χ0) is 13.7. The lowest BCUT2D eigenvalue weighted by molar-refractivity contribution is 0.106. The van der Waals surface area contributed by atoms with Crippen LogP contribution in [0, 0.1) is 0 Å². The number of benzene rings is 1. The Hall–Kier alpha value is -1.17. The molecule has 0 amide bonds. The standard InChI is InChI=1S/C14H20N2O2S/c1-17-11-6-7-16(10-11)8-9-18-13-5-3-2-4-12(13)14(15)19/h2-5,11H,6-10H2,1H3,(H2,15,19). The van der Waals surface area contributed by atoms with Crippen molar-refractivity contribution in [2.75, 3.05) is 33.4 Å². The molecule has 0 aliphatic carbocycles. The van der Waals surface area contributed by atoms with Gasteiger partial charge in [0.1, 0.15) is 17.3 Å². The molecular formula is C14H20N2O2S. The van der Waals surface area contributed by atoms with Crippen molar-refractivity contribution in [2.45, 2.75) is 12.5 Å². The van der Waals surface area contributed by atoms with Gasteiger partial charge in [-0.05, 0) is 18.6 Å². The van der Waals surface area contributed by atoms with E-state index in [1.54, 1.807) is 7.11 Å². The second-order valence-corrected chi connectivity index (χ2v) is 5.10. The Labute approximate surface area is 119 Å². The van der Waals surface area contributed by atoms with E-state index in [0.717, 1.165) is 37.4 Å². The highest BCUT2D eigenvalue weighted by Crippen LogP contribution is 2.18. The third-order valence-electron chi connectivity index (χ3n) is 3.38. The minimum atomic E-state index is 0.365. The number of hydrogen-bond acceptors (Lipinski definition) is 4. The van der Waals surface area contributed by atoms with Crippen LogP contribution < -0.4 is 10.5 Å². The Kier molecular flexibility index (Phi) is 5.13. The predicted molar refractivity (Wildman–Crippen MR) is 79.7 cm³/mol. The first-order chi connectivity index (χ1) is 9.20. The van der Waals surface area contributed by atoms with E-state index in [2.05, 4.69) is 4.90 Å². The van der Waals surface area contributed by atoms with Crippen molar-refractivity contribution in [3.05, 3.63) is 29.8 Å². The average molecular weight is 280 g/mol. The van der Waals surface area contributed by atoms with Crippen molar-refractivity contribution >= 4 is 17.2 Å². The molecule has 0 saturated carbocycles. The van der Waals surface area contributed by atoms with E-state index >= 15 is 0 Å². The van der Waals surface area contributed by atoms with E-state index in [1.807, 2.05) is 24.3 Å². The summed E-state index contributed by atoms with van der Waals surface area (Å²) >= 11 is 5.01. The van der Waals surface area contributed by atoms with Gasteiger partial charge in [0.05, 0.1) is 11.7 Å². The summed E-state index contributed by atoms with van der Waals surface area (Å²) in [6, 6.07) is 7.61. The molecule has 2 N–H and O–H groups in total. The van der Waals surface area contributed by atoms with Crippen LogP contribution in [0.25, 0.3) is 0 Å². The molecule has 2 rings (SSSR count). The molecule has 1 atom stereocenters. The predicted octanol–water partition coefficient (Wildman–Crippen LogP) is 1.42. The Bertz CT molecular complexity index is 439. The monoisotopic (exact) mass is 280 g/mol. The SMILES string of the molecule is COC1CCN(CCOc2ccccc2C(N)=S)C1. The Morgan fingerprint density at radius 1 is 1.47 bits per heavy atom. The van der Waals surface area contributed by atoms with E-state index in [1.165, 1.54) is 0 Å². The molecule has 0 radical (unpaired) electrons. The van der Waals surface area contributed by atoms with Gasteiger partial charge in [0.15, 0.2) is 0 Å². The molecule has 1 unspecified atom stereocenters. The summed E-state index contributed by atoms with van der Waals surface area (Å²) in [6.45, 7) is 3.58. The van der Waals surface area contributed by atoms with Crippen LogP contribution in [0.2, 0.25) is 0 Å². The maximum absolute atomic E-state index is 5.78. The van der Waals surface area contributed by atoms with E-state index in [-0.39, 0.29) is 0 Å². The van der Waals surface area contributed by atoms with Crippen molar-refractivity contribution in [3.8, 4) is 5.75 Å². The molecule has 1 aromatic rings. The van der Waals surface area contributed by atoms with Crippen molar-refractivity contribution in [1.82, 2.24) is 4.90 Å². The van der Waals surface area contributed by atoms with Crippen LogP contribution in [0.4, 0.5) is 0 Å². The maximum atomic E-state index is 5.78. The van der Waals surface area contributed by atoms with E-state index in [0.29, 0.717) is 17.7 Å². The summed E-state index contributed by atoms with van der Waals surface area (Å²) in [5, 5.41) is 0. The first kappa shape index (κ1) is 14.2. The van der Waals surface area contributed by atoms with Crippen LogP contribution in [0.3, 0.4) is 0 Å². The number of ether oxygens (including phenoxy) is 2. The van der Waals surface area contributed by atoms with Crippen LogP contribution in [0.1, 0.15) is 12.0 Å². The Morgan fingerprint density at radius 2 is 2.26 bits per heavy atom. The number of thiocarbonyl (C=S) groups is 1. The zero-order valence-corrected chi connectivity index (χ0v) is 12.0. The highest BCUT2D eigenvalue weighted by Gasteiger charge is 2.21. The van der Waals surface area contributed by atoms with Crippen LogP contribution >= 0.6 is 12.2 Å². The van der Waals surface area contributed by atoms with Gasteiger partial charge in [0, 0.05) is 26.7 Å². The topological polar surface area (TPSA) is 47.7 Å². The van der Waals surface area contributed by atoms with Crippen molar-refractivity contribution in [1.29, 1.82) is 0 Å². The molecule has 1 heterocycles. The number of methoxy groups -OCH3 is 1. The van der Waals surface area contributed by atoms with E-state index in [4.69, 9.17) is 27.4 Å². The fraction of sp³-hybridized carbons (Fsp3) is 0.500. The number of para-hydroxylation sites is 1. The van der Waals surface area contributed by atoms with Crippen LogP contribution in [0.5, 0.6) is 5.75 Å². The second kappa shape index (κ2) is 6.84. The maximum Gasteiger partial charge on any atom is 0.129 e. The minimum absolute atomic E-state index is 0.365. The molecule has 1 aromatic carbocycles. The molecule has 0 bridgehead atoms. The normalized spacial score (nSPS) is 19.5. The van der Waals surface area contributed by atoms with Gasteiger partial charge < -0.3 is 15.2 Å². The minimum Gasteiger partial charge on any atom is -0.492 e. The molecule has 104 valence electrons. The van der Waals surface area contributed by atoms with Crippen molar-refractivity contribution < 1.29 is 9.47 Å². The summed E-state index contributed by atoms with van der Waals surface area (Å²) in [7, 11) is 1.77. The number of nitrogens with zero attached hydrogens (tertiary/aromatic N) is 1. The first-order valence-corrected chi connectivity index (χ1v) is 6.88. The molecule has 5 heteroatoms. The van der Waals surface area contributed by atoms with Crippen LogP contribution in [-0.2, 0) is 4.74 Å². The van der Waals surface area contributed by atoms with Gasteiger partial charge in [0.2, 0.25) is 0 Å². The number of likely N-dealkylation sites (tertiary alicyclic amines) is 1. The van der Waals surface area contributed by atoms with E-state index in [9.17, 15) is 0 Å². The van der Waals surface area contributed by atoms with Crippen molar-refractivity contribution in [2.24, 2.45) is 5.73 Å². The highest BCUT2D eigenvalue weighted by atomic mass is 32.1. The molecular weight excluding hydrogens is 260 g/mol. The molecule has 1 saturated heterocycles. The van der Waals surface area contributed by atoms with Gasteiger partial charge in [-0.15, -0.1) is 0 Å². The fourth-order valence-corrected chi connectivity index (χ4v) is 2.44. The van der Waals surface area contributed by atoms with Crippen LogP contribution in [-0.4, -0.2) is 49.3 Å². The summed E-state index contributed by atoms with van der Waals surface area (Å²) in [5.74, 6) is 0.762. The molecule has 19 heavy (non-hydrogen) atoms. The van der Waals surface area contributed by atoms with Gasteiger partial charge in [-0.1, -0.05) is 24.4 Å². The van der Waals surface area contributed by atoms with Gasteiger partial charge >= 0.3 is 0 Å². The number of rotatable bonds is 6. The molecule has 1 aliphatic heterocycles. The molecule has 0 aromatic heterocycles. The smallest absolute Gasteiger partial charge is 0.129 e. The lowest BCUT2D eigenvalue weighted by Crippen LogP contribution is -2.27. The van der Waals surface area contributed by atoms with Gasteiger partial charge in [0.25, 0.3) is 0 Å². The lowest BCUT2D eigenvalue weighted by Gasteiger charge is -2.17. The van der Waals surface area contributed by atoms with Gasteiger partial charge in [-0.2, -0.15) is 0 Å². The lowest BCUT2D eigenvalue weighted by atomic mass is 10.2. The van der Waals surface area contributed by atoms with Crippen LogP contribution in [0.15, 0.2) is 24.3 Å². The van der Waals surface area contributed by atoms with E-state index < -0.39 is 0 Å². The second-order valence-electron chi connectivity index (χ2n) is 4.66. The Morgan fingerprint density at radius 3 is 2.95 bits per heavy atom. The molecule has 1 aliphatic rings.